The van der Waals surface area contributed by atoms with Crippen molar-refractivity contribution in [2.75, 3.05) is 25.5 Å². The van der Waals surface area contributed by atoms with Gasteiger partial charge in [-0.3, -0.25) is 4.98 Å². The zero-order chi connectivity index (χ0) is 9.80. The minimum Gasteiger partial charge on any atom is -0.367 e. The first-order valence-electron chi connectivity index (χ1n) is 5.06. The van der Waals surface area contributed by atoms with Gasteiger partial charge in [0, 0.05) is 25.0 Å². The average molecular weight is 192 g/mol. The Hall–Kier alpha value is -1.16. The normalized spacial score (nSPS) is 22.5. The van der Waals surface area contributed by atoms with Crippen molar-refractivity contribution in [1.29, 1.82) is 0 Å². The molecule has 1 aromatic heterocycles. The van der Waals surface area contributed by atoms with Crippen LogP contribution >= 0.6 is 0 Å². The van der Waals surface area contributed by atoms with Crippen LogP contribution in [-0.2, 0) is 0 Å². The molecule has 2 rings (SSSR count). The van der Waals surface area contributed by atoms with Gasteiger partial charge in [0.25, 0.3) is 0 Å². The van der Waals surface area contributed by atoms with E-state index in [-0.39, 0.29) is 0 Å². The third-order valence-corrected chi connectivity index (χ3v) is 2.75. The van der Waals surface area contributed by atoms with E-state index >= 15 is 0 Å². The van der Waals surface area contributed by atoms with Gasteiger partial charge in [0.15, 0.2) is 0 Å². The van der Waals surface area contributed by atoms with E-state index in [2.05, 4.69) is 27.2 Å². The molecule has 0 bridgehead atoms. The summed E-state index contributed by atoms with van der Waals surface area (Å²) >= 11 is 0. The molecule has 1 N–H and O–H groups in total. The van der Waals surface area contributed by atoms with Gasteiger partial charge in [0.1, 0.15) is 5.82 Å². The third kappa shape index (κ3) is 2.20. The average Bonchev–Trinajstić information content (AvgIpc) is 2.63. The summed E-state index contributed by atoms with van der Waals surface area (Å²) in [5.74, 6) is 0.868. The van der Waals surface area contributed by atoms with Gasteiger partial charge in [-0.25, -0.2) is 4.98 Å². The maximum Gasteiger partial charge on any atom is 0.144 e. The van der Waals surface area contributed by atoms with Gasteiger partial charge in [-0.1, -0.05) is 0 Å². The Labute approximate surface area is 84.4 Å². The Morgan fingerprint density at radius 2 is 2.50 bits per heavy atom. The third-order valence-electron chi connectivity index (χ3n) is 2.75. The zero-order valence-corrected chi connectivity index (χ0v) is 8.48. The molecular formula is C10H16N4. The number of nitrogens with zero attached hydrogens (tertiary/aromatic N) is 3. The number of aromatic nitrogens is 2. The molecule has 1 saturated heterocycles. The minimum absolute atomic E-state index is 0.650. The van der Waals surface area contributed by atoms with Gasteiger partial charge in [-0.15, -0.1) is 0 Å². The smallest absolute Gasteiger partial charge is 0.144 e. The van der Waals surface area contributed by atoms with Crippen molar-refractivity contribution in [1.82, 2.24) is 14.9 Å². The molecule has 0 radical (unpaired) electrons. The molecule has 0 aromatic carbocycles. The Morgan fingerprint density at radius 1 is 1.57 bits per heavy atom. The summed E-state index contributed by atoms with van der Waals surface area (Å²) in [7, 11) is 2.18. The second-order valence-corrected chi connectivity index (χ2v) is 3.75. The largest absolute Gasteiger partial charge is 0.367 e. The lowest BCUT2D eigenvalue weighted by molar-refractivity contribution is 0.322. The fraction of sp³-hybridized carbons (Fsp3) is 0.600. The standard InChI is InChI=1S/C10H16N4/c1-14-6-2-3-9(14)7-13-10-8-11-4-5-12-10/h4-5,8-9H,2-3,6-7H2,1H3,(H,12,13). The van der Waals surface area contributed by atoms with Crippen molar-refractivity contribution in [3.05, 3.63) is 18.6 Å². The van der Waals surface area contributed by atoms with E-state index in [1.54, 1.807) is 18.6 Å². The lowest BCUT2D eigenvalue weighted by Crippen LogP contribution is -2.31. The second kappa shape index (κ2) is 4.37. The van der Waals surface area contributed by atoms with Crippen molar-refractivity contribution in [2.24, 2.45) is 0 Å². The number of nitrogens with one attached hydrogen (secondary N) is 1. The Morgan fingerprint density at radius 3 is 3.14 bits per heavy atom. The molecule has 0 saturated carbocycles. The Bertz CT molecular complexity index is 275. The topological polar surface area (TPSA) is 41.0 Å². The molecule has 1 aliphatic rings. The minimum atomic E-state index is 0.650. The summed E-state index contributed by atoms with van der Waals surface area (Å²) in [5.41, 5.74) is 0. The molecule has 1 fully saturated rings. The van der Waals surface area contributed by atoms with Crippen molar-refractivity contribution in [3.63, 3.8) is 0 Å². The molecule has 1 atom stereocenters. The molecule has 0 aliphatic carbocycles. The van der Waals surface area contributed by atoms with Gasteiger partial charge in [0.05, 0.1) is 6.20 Å². The highest BCUT2D eigenvalue weighted by molar-refractivity contribution is 5.29. The number of anilines is 1. The summed E-state index contributed by atoms with van der Waals surface area (Å²) in [5, 5.41) is 3.30. The fourth-order valence-corrected chi connectivity index (χ4v) is 1.85. The fourth-order valence-electron chi connectivity index (χ4n) is 1.85. The van der Waals surface area contributed by atoms with Crippen molar-refractivity contribution >= 4 is 5.82 Å². The van der Waals surface area contributed by atoms with Crippen LogP contribution in [0.15, 0.2) is 18.6 Å². The van der Waals surface area contributed by atoms with Gasteiger partial charge in [-0.2, -0.15) is 0 Å². The van der Waals surface area contributed by atoms with Crippen molar-refractivity contribution in [2.45, 2.75) is 18.9 Å². The molecule has 1 unspecified atom stereocenters. The summed E-state index contributed by atoms with van der Waals surface area (Å²) in [6, 6.07) is 0.650. The van der Waals surface area contributed by atoms with Crippen LogP contribution in [0, 0.1) is 0 Å². The van der Waals surface area contributed by atoms with E-state index in [1.165, 1.54) is 19.4 Å². The molecule has 0 amide bonds. The van der Waals surface area contributed by atoms with Crippen LogP contribution in [-0.4, -0.2) is 41.0 Å². The number of rotatable bonds is 3. The molecule has 76 valence electrons. The van der Waals surface area contributed by atoms with Crippen LogP contribution in [0.4, 0.5) is 5.82 Å². The van der Waals surface area contributed by atoms with Crippen molar-refractivity contribution in [3.8, 4) is 0 Å². The molecular weight excluding hydrogens is 176 g/mol. The first kappa shape index (κ1) is 9.40. The number of likely N-dealkylation sites (tertiary alicyclic amines) is 1. The highest BCUT2D eigenvalue weighted by atomic mass is 15.2. The molecule has 1 aromatic rings. The monoisotopic (exact) mass is 192 g/mol. The van der Waals surface area contributed by atoms with E-state index in [9.17, 15) is 0 Å². The highest BCUT2D eigenvalue weighted by Crippen LogP contribution is 2.14. The second-order valence-electron chi connectivity index (χ2n) is 3.75. The van der Waals surface area contributed by atoms with E-state index < -0.39 is 0 Å². The predicted molar refractivity (Wildman–Crippen MR) is 56.2 cm³/mol. The van der Waals surface area contributed by atoms with Gasteiger partial charge in [0.2, 0.25) is 0 Å². The lowest BCUT2D eigenvalue weighted by atomic mass is 10.2. The van der Waals surface area contributed by atoms with Crippen LogP contribution in [0.25, 0.3) is 0 Å². The molecule has 4 nitrogen and oxygen atoms in total. The molecule has 1 aliphatic heterocycles. The molecule has 2 heterocycles. The number of hydrogen-bond acceptors (Lipinski definition) is 4. The van der Waals surface area contributed by atoms with Gasteiger partial charge < -0.3 is 10.2 Å². The van der Waals surface area contributed by atoms with E-state index in [0.717, 1.165) is 12.4 Å². The van der Waals surface area contributed by atoms with Crippen LogP contribution in [0.3, 0.4) is 0 Å². The van der Waals surface area contributed by atoms with E-state index in [0.29, 0.717) is 6.04 Å². The van der Waals surface area contributed by atoms with E-state index in [4.69, 9.17) is 0 Å². The zero-order valence-electron chi connectivity index (χ0n) is 8.48. The maximum atomic E-state index is 4.17. The Kier molecular flexibility index (Phi) is 2.93. The first-order chi connectivity index (χ1) is 6.86. The van der Waals surface area contributed by atoms with Crippen LogP contribution in [0.5, 0.6) is 0 Å². The maximum absolute atomic E-state index is 4.17. The number of likely N-dealkylation sites (N-methyl/N-ethyl adjacent to an activating group) is 1. The van der Waals surface area contributed by atoms with Gasteiger partial charge >= 0.3 is 0 Å². The summed E-state index contributed by atoms with van der Waals surface area (Å²) in [6.07, 6.45) is 7.75. The molecule has 0 spiro atoms. The number of hydrogen-bond donors (Lipinski definition) is 1. The summed E-state index contributed by atoms with van der Waals surface area (Å²) in [4.78, 5) is 10.6. The quantitative estimate of drug-likeness (QED) is 0.775. The van der Waals surface area contributed by atoms with E-state index in [1.807, 2.05) is 0 Å². The Balaban J connectivity index is 1.82. The van der Waals surface area contributed by atoms with Gasteiger partial charge in [-0.05, 0) is 26.4 Å². The first-order valence-corrected chi connectivity index (χ1v) is 5.06. The predicted octanol–water partition coefficient (Wildman–Crippen LogP) is 0.983. The molecule has 4 heteroatoms. The van der Waals surface area contributed by atoms with Crippen LogP contribution < -0.4 is 5.32 Å². The highest BCUT2D eigenvalue weighted by Gasteiger charge is 2.20. The van der Waals surface area contributed by atoms with Crippen LogP contribution in [0.2, 0.25) is 0 Å². The summed E-state index contributed by atoms with van der Waals surface area (Å²) in [6.45, 7) is 2.18. The SMILES string of the molecule is CN1CCCC1CNc1cnccn1. The van der Waals surface area contributed by atoms with Crippen LogP contribution in [0.1, 0.15) is 12.8 Å². The summed E-state index contributed by atoms with van der Waals surface area (Å²) < 4.78 is 0. The molecule has 14 heavy (non-hydrogen) atoms. The van der Waals surface area contributed by atoms with Crippen molar-refractivity contribution < 1.29 is 0 Å². The lowest BCUT2D eigenvalue weighted by Gasteiger charge is -2.19.